The van der Waals surface area contributed by atoms with E-state index in [4.69, 9.17) is 10.8 Å². The number of amides is 1. The van der Waals surface area contributed by atoms with Crippen molar-refractivity contribution in [2.75, 3.05) is 13.1 Å². The van der Waals surface area contributed by atoms with E-state index in [1.807, 2.05) is 20.8 Å². The van der Waals surface area contributed by atoms with Gasteiger partial charge in [-0.05, 0) is 19.8 Å². The zero-order valence-electron chi connectivity index (χ0n) is 9.62. The molecule has 0 unspecified atom stereocenters. The van der Waals surface area contributed by atoms with Crippen LogP contribution in [0, 0.1) is 0 Å². The highest BCUT2D eigenvalue weighted by molar-refractivity contribution is 5.83. The number of carboxylic acids is 1. The number of nitrogens with zero attached hydrogens (tertiary/aromatic N) is 1. The third-order valence-electron chi connectivity index (χ3n) is 2.94. The van der Waals surface area contributed by atoms with Gasteiger partial charge in [-0.15, -0.1) is 0 Å². The number of aliphatic carboxylic acids is 1. The van der Waals surface area contributed by atoms with Gasteiger partial charge in [0.25, 0.3) is 0 Å². The average molecular weight is 216 g/mol. The second kappa shape index (κ2) is 5.70. The average Bonchev–Trinajstić information content (AvgIpc) is 2.23. The summed E-state index contributed by atoms with van der Waals surface area (Å²) in [6.07, 6.45) is 1.42. The Balaban J connectivity index is 4.90. The Kier molecular flexibility index (Phi) is 5.28. The summed E-state index contributed by atoms with van der Waals surface area (Å²) in [7, 11) is 0. The van der Waals surface area contributed by atoms with Crippen LogP contribution < -0.4 is 5.73 Å². The van der Waals surface area contributed by atoms with Crippen LogP contribution in [0.4, 0.5) is 0 Å². The molecule has 0 saturated carbocycles. The van der Waals surface area contributed by atoms with Gasteiger partial charge < -0.3 is 15.7 Å². The van der Waals surface area contributed by atoms with E-state index in [0.29, 0.717) is 12.8 Å². The van der Waals surface area contributed by atoms with Gasteiger partial charge in [0.15, 0.2) is 0 Å². The third kappa shape index (κ3) is 3.51. The van der Waals surface area contributed by atoms with Gasteiger partial charge in [-0.3, -0.25) is 9.59 Å². The summed E-state index contributed by atoms with van der Waals surface area (Å²) in [5, 5.41) is 8.75. The Morgan fingerprint density at radius 1 is 1.33 bits per heavy atom. The molecule has 88 valence electrons. The molecule has 0 aliphatic rings. The quantitative estimate of drug-likeness (QED) is 0.674. The molecule has 5 heteroatoms. The first-order valence-electron chi connectivity index (χ1n) is 5.13. The molecule has 0 atom stereocenters. The Morgan fingerprint density at radius 3 is 2.07 bits per heavy atom. The molecule has 0 radical (unpaired) electrons. The van der Waals surface area contributed by atoms with Gasteiger partial charge in [0, 0.05) is 5.54 Å². The zero-order valence-corrected chi connectivity index (χ0v) is 9.62. The van der Waals surface area contributed by atoms with Crippen LogP contribution in [-0.4, -0.2) is 40.5 Å². The number of hydrogen-bond acceptors (Lipinski definition) is 3. The maximum absolute atomic E-state index is 11.5. The molecule has 0 bridgehead atoms. The summed E-state index contributed by atoms with van der Waals surface area (Å²) in [5.41, 5.74) is 4.85. The van der Waals surface area contributed by atoms with Gasteiger partial charge in [-0.25, -0.2) is 0 Å². The van der Waals surface area contributed by atoms with E-state index in [2.05, 4.69) is 0 Å². The van der Waals surface area contributed by atoms with Crippen molar-refractivity contribution >= 4 is 11.9 Å². The van der Waals surface area contributed by atoms with Crippen molar-refractivity contribution < 1.29 is 14.7 Å². The molecule has 0 saturated heterocycles. The van der Waals surface area contributed by atoms with Crippen molar-refractivity contribution in [3.63, 3.8) is 0 Å². The van der Waals surface area contributed by atoms with Crippen LogP contribution in [0.15, 0.2) is 0 Å². The first-order valence-corrected chi connectivity index (χ1v) is 5.13. The van der Waals surface area contributed by atoms with Gasteiger partial charge >= 0.3 is 5.97 Å². The van der Waals surface area contributed by atoms with Crippen molar-refractivity contribution in [3.05, 3.63) is 0 Å². The third-order valence-corrected chi connectivity index (χ3v) is 2.94. The predicted octanol–water partition coefficient (Wildman–Crippen LogP) is 0.437. The fraction of sp³-hybridized carbons (Fsp3) is 0.800. The number of hydrogen-bond donors (Lipinski definition) is 2. The van der Waals surface area contributed by atoms with Gasteiger partial charge in [0.05, 0.1) is 6.54 Å². The minimum absolute atomic E-state index is 0.150. The SMILES string of the molecule is CCC(C)(CC)N(CC(=O)O)C(=O)CN. The lowest BCUT2D eigenvalue weighted by molar-refractivity contribution is -0.148. The molecule has 0 spiro atoms. The lowest BCUT2D eigenvalue weighted by Crippen LogP contribution is -2.53. The first-order chi connectivity index (χ1) is 6.91. The van der Waals surface area contributed by atoms with Gasteiger partial charge in [-0.2, -0.15) is 0 Å². The van der Waals surface area contributed by atoms with E-state index in [1.54, 1.807) is 0 Å². The van der Waals surface area contributed by atoms with Crippen molar-refractivity contribution in [3.8, 4) is 0 Å². The second-order valence-electron chi connectivity index (χ2n) is 3.78. The molecule has 0 aromatic rings. The van der Waals surface area contributed by atoms with Crippen LogP contribution in [0.3, 0.4) is 0 Å². The molecule has 0 fully saturated rings. The normalized spacial score (nSPS) is 11.2. The zero-order chi connectivity index (χ0) is 12.1. The van der Waals surface area contributed by atoms with Crippen molar-refractivity contribution in [2.45, 2.75) is 39.2 Å². The number of rotatable bonds is 6. The molecule has 0 aliphatic carbocycles. The van der Waals surface area contributed by atoms with Gasteiger partial charge in [0.1, 0.15) is 6.54 Å². The van der Waals surface area contributed by atoms with Crippen LogP contribution >= 0.6 is 0 Å². The summed E-state index contributed by atoms with van der Waals surface area (Å²) in [4.78, 5) is 23.6. The molecule has 0 aromatic carbocycles. The summed E-state index contributed by atoms with van der Waals surface area (Å²) in [5.74, 6) is -1.33. The maximum Gasteiger partial charge on any atom is 0.323 e. The molecule has 0 rings (SSSR count). The Hall–Kier alpha value is -1.10. The number of carbonyl (C=O) groups is 2. The largest absolute Gasteiger partial charge is 0.480 e. The number of nitrogens with two attached hydrogens (primary N) is 1. The Labute approximate surface area is 90.2 Å². The van der Waals surface area contributed by atoms with Gasteiger partial charge in [0.2, 0.25) is 5.91 Å². The minimum Gasteiger partial charge on any atom is -0.480 e. The molecule has 0 heterocycles. The monoisotopic (exact) mass is 216 g/mol. The highest BCUT2D eigenvalue weighted by Gasteiger charge is 2.32. The molecular weight excluding hydrogens is 196 g/mol. The Bertz CT molecular complexity index is 237. The van der Waals surface area contributed by atoms with E-state index in [1.165, 1.54) is 4.90 Å². The lowest BCUT2D eigenvalue weighted by Gasteiger charge is -2.39. The minimum atomic E-state index is -1.01. The number of carbonyl (C=O) groups excluding carboxylic acids is 1. The summed E-state index contributed by atoms with van der Waals surface area (Å²) in [6.45, 7) is 5.31. The summed E-state index contributed by atoms with van der Waals surface area (Å²) >= 11 is 0. The first kappa shape index (κ1) is 13.9. The smallest absolute Gasteiger partial charge is 0.323 e. The van der Waals surface area contributed by atoms with E-state index in [9.17, 15) is 9.59 Å². The topological polar surface area (TPSA) is 83.6 Å². The van der Waals surface area contributed by atoms with Crippen LogP contribution in [0.2, 0.25) is 0 Å². The fourth-order valence-corrected chi connectivity index (χ4v) is 1.46. The fourth-order valence-electron chi connectivity index (χ4n) is 1.46. The van der Waals surface area contributed by atoms with E-state index in [-0.39, 0.29) is 19.0 Å². The van der Waals surface area contributed by atoms with Crippen molar-refractivity contribution in [1.82, 2.24) is 4.90 Å². The molecular formula is C10H20N2O3. The lowest BCUT2D eigenvalue weighted by atomic mass is 9.93. The van der Waals surface area contributed by atoms with Crippen molar-refractivity contribution in [2.24, 2.45) is 5.73 Å². The summed E-state index contributed by atoms with van der Waals surface area (Å²) in [6, 6.07) is 0. The molecule has 0 aromatic heterocycles. The second-order valence-corrected chi connectivity index (χ2v) is 3.78. The van der Waals surface area contributed by atoms with E-state index < -0.39 is 11.5 Å². The standard InChI is InChI=1S/C10H20N2O3/c1-4-10(3,5-2)12(7-9(14)15)8(13)6-11/h4-7,11H2,1-3H3,(H,14,15). The van der Waals surface area contributed by atoms with Crippen LogP contribution in [-0.2, 0) is 9.59 Å². The van der Waals surface area contributed by atoms with Gasteiger partial charge in [-0.1, -0.05) is 13.8 Å². The molecule has 15 heavy (non-hydrogen) atoms. The van der Waals surface area contributed by atoms with E-state index in [0.717, 1.165) is 0 Å². The van der Waals surface area contributed by atoms with Crippen LogP contribution in [0.5, 0.6) is 0 Å². The molecule has 0 aliphatic heterocycles. The van der Waals surface area contributed by atoms with Crippen molar-refractivity contribution in [1.29, 1.82) is 0 Å². The highest BCUT2D eigenvalue weighted by atomic mass is 16.4. The maximum atomic E-state index is 11.5. The predicted molar refractivity (Wildman–Crippen MR) is 57.4 cm³/mol. The van der Waals surface area contributed by atoms with E-state index >= 15 is 0 Å². The van der Waals surface area contributed by atoms with Crippen LogP contribution in [0.25, 0.3) is 0 Å². The molecule has 5 nitrogen and oxygen atoms in total. The molecule has 1 amide bonds. The Morgan fingerprint density at radius 2 is 1.80 bits per heavy atom. The van der Waals surface area contributed by atoms with Crippen LogP contribution in [0.1, 0.15) is 33.6 Å². The highest BCUT2D eigenvalue weighted by Crippen LogP contribution is 2.23. The number of carboxylic acid groups (broad SMARTS) is 1. The summed E-state index contributed by atoms with van der Waals surface area (Å²) < 4.78 is 0. The molecule has 3 N–H and O–H groups in total.